The van der Waals surface area contributed by atoms with Crippen molar-refractivity contribution in [1.82, 2.24) is 9.97 Å². The summed E-state index contributed by atoms with van der Waals surface area (Å²) >= 11 is 0. The van der Waals surface area contributed by atoms with Gasteiger partial charge in [0, 0.05) is 27.8 Å². The van der Waals surface area contributed by atoms with Crippen LogP contribution in [0.1, 0.15) is 35.6 Å². The van der Waals surface area contributed by atoms with Crippen molar-refractivity contribution in [1.29, 1.82) is 0 Å². The molecule has 49 heavy (non-hydrogen) atoms. The van der Waals surface area contributed by atoms with Crippen molar-refractivity contribution in [3.05, 3.63) is 186 Å². The first kappa shape index (κ1) is 28.0. The van der Waals surface area contributed by atoms with Gasteiger partial charge >= 0.3 is 0 Å². The molecule has 3 aliphatic rings. The van der Waals surface area contributed by atoms with Crippen molar-refractivity contribution >= 4 is 16.3 Å². The van der Waals surface area contributed by atoms with Crippen LogP contribution in [-0.4, -0.2) is 9.97 Å². The molecular weight excluding hydrogens is 597 g/mol. The smallest absolute Gasteiger partial charge is 0.160 e. The van der Waals surface area contributed by atoms with Crippen molar-refractivity contribution in [3.8, 4) is 45.4 Å². The number of rotatable bonds is 3. The van der Waals surface area contributed by atoms with Gasteiger partial charge in [0.15, 0.2) is 5.82 Å². The van der Waals surface area contributed by atoms with Gasteiger partial charge < -0.3 is 4.74 Å². The molecule has 3 nitrogen and oxygen atoms in total. The number of aromatic nitrogens is 2. The lowest BCUT2D eigenvalue weighted by Crippen LogP contribution is -2.33. The van der Waals surface area contributed by atoms with E-state index in [0.717, 1.165) is 51.6 Å². The molecule has 3 heteroatoms. The molecule has 232 valence electrons. The minimum absolute atomic E-state index is 0.479. The average Bonchev–Trinajstić information content (AvgIpc) is 3.44. The number of hydrogen-bond acceptors (Lipinski definition) is 3. The summed E-state index contributed by atoms with van der Waals surface area (Å²) < 4.78 is 6.73. The standard InChI is InChI=1S/C46H32N2O/c1-29-22-24-38-36(26-29)34-17-7-8-19-37(34)46(38)39-20-9-10-21-43(39)49-44-25-23-32(27-40(44)46)41-28-42(48-45(47-41)31-13-3-2-4-14-31)35-18-11-15-30-12-5-6-16-33(30)35/h2-25,27-29H,26H2,1H3. The maximum Gasteiger partial charge on any atom is 0.160 e. The fourth-order valence-electron chi connectivity index (χ4n) is 8.36. The molecule has 0 amide bonds. The first-order chi connectivity index (χ1) is 24.2. The van der Waals surface area contributed by atoms with Crippen LogP contribution in [0, 0.1) is 5.92 Å². The van der Waals surface area contributed by atoms with E-state index in [4.69, 9.17) is 14.7 Å². The third-order valence-electron chi connectivity index (χ3n) is 10.5. The van der Waals surface area contributed by atoms with Crippen LogP contribution < -0.4 is 4.74 Å². The summed E-state index contributed by atoms with van der Waals surface area (Å²) in [5.41, 5.74) is 12.1. The maximum absolute atomic E-state index is 6.73. The Bertz CT molecular complexity index is 2520. The summed E-state index contributed by atoms with van der Waals surface area (Å²) in [5, 5.41) is 2.36. The minimum atomic E-state index is -0.503. The number of hydrogen-bond donors (Lipinski definition) is 0. The largest absolute Gasteiger partial charge is 0.457 e. The second kappa shape index (κ2) is 10.7. The molecule has 0 N–H and O–H groups in total. The first-order valence-electron chi connectivity index (χ1n) is 17.0. The zero-order valence-electron chi connectivity index (χ0n) is 27.1. The van der Waals surface area contributed by atoms with Gasteiger partial charge in [0.2, 0.25) is 0 Å². The Balaban J connectivity index is 1.24. The topological polar surface area (TPSA) is 35.0 Å². The van der Waals surface area contributed by atoms with Crippen LogP contribution in [0.5, 0.6) is 11.5 Å². The maximum atomic E-state index is 6.73. The van der Waals surface area contributed by atoms with Gasteiger partial charge in [-0.1, -0.05) is 134 Å². The number of ether oxygens (including phenoxy) is 1. The zero-order chi connectivity index (χ0) is 32.5. The molecule has 0 radical (unpaired) electrons. The Morgan fingerprint density at radius 1 is 0.592 bits per heavy atom. The molecule has 0 bridgehead atoms. The van der Waals surface area contributed by atoms with Crippen molar-refractivity contribution in [2.24, 2.45) is 5.92 Å². The van der Waals surface area contributed by atoms with E-state index < -0.39 is 5.41 Å². The van der Waals surface area contributed by atoms with Gasteiger partial charge in [0.05, 0.1) is 16.8 Å². The normalized spacial score (nSPS) is 18.5. The molecule has 10 rings (SSSR count). The van der Waals surface area contributed by atoms with E-state index in [1.165, 1.54) is 38.6 Å². The molecule has 6 aromatic carbocycles. The summed E-state index contributed by atoms with van der Waals surface area (Å²) in [6, 6.07) is 51.5. The third-order valence-corrected chi connectivity index (χ3v) is 10.5. The number of nitrogens with zero attached hydrogens (tertiary/aromatic N) is 2. The number of para-hydroxylation sites is 1. The average molecular weight is 629 g/mol. The van der Waals surface area contributed by atoms with E-state index in [-0.39, 0.29) is 0 Å². The molecule has 0 saturated heterocycles. The van der Waals surface area contributed by atoms with E-state index in [9.17, 15) is 0 Å². The van der Waals surface area contributed by atoms with Gasteiger partial charge in [-0.05, 0) is 75.7 Å². The molecule has 0 fully saturated rings. The first-order valence-corrected chi connectivity index (χ1v) is 17.0. The van der Waals surface area contributed by atoms with Gasteiger partial charge in [0.1, 0.15) is 11.5 Å². The summed E-state index contributed by atoms with van der Waals surface area (Å²) in [5.74, 6) is 2.97. The van der Waals surface area contributed by atoms with Crippen LogP contribution in [0.2, 0.25) is 0 Å². The fraction of sp³-hybridized carbons (Fsp3) is 0.0870. The summed E-state index contributed by atoms with van der Waals surface area (Å²) in [6.45, 7) is 2.31. The highest BCUT2D eigenvalue weighted by atomic mass is 16.5. The Morgan fingerprint density at radius 2 is 1.31 bits per heavy atom. The zero-order valence-corrected chi connectivity index (χ0v) is 27.1. The fourth-order valence-corrected chi connectivity index (χ4v) is 8.36. The Labute approximate surface area is 285 Å². The highest BCUT2D eigenvalue weighted by Crippen LogP contribution is 2.63. The lowest BCUT2D eigenvalue weighted by Gasteiger charge is -2.40. The molecule has 2 unspecified atom stereocenters. The highest BCUT2D eigenvalue weighted by molar-refractivity contribution is 5.97. The van der Waals surface area contributed by atoms with Crippen molar-refractivity contribution in [2.75, 3.05) is 0 Å². The van der Waals surface area contributed by atoms with Crippen LogP contribution in [-0.2, 0) is 5.41 Å². The lowest BCUT2D eigenvalue weighted by atomic mass is 9.64. The van der Waals surface area contributed by atoms with Gasteiger partial charge in [-0.3, -0.25) is 0 Å². The quantitative estimate of drug-likeness (QED) is 0.195. The molecule has 2 aliphatic carbocycles. The molecule has 0 saturated carbocycles. The van der Waals surface area contributed by atoms with Gasteiger partial charge in [-0.2, -0.15) is 0 Å². The van der Waals surface area contributed by atoms with Crippen LogP contribution in [0.25, 0.3) is 50.2 Å². The number of fused-ring (bicyclic) bond motifs is 9. The van der Waals surface area contributed by atoms with E-state index in [1.807, 2.05) is 18.2 Å². The predicted octanol–water partition coefficient (Wildman–Crippen LogP) is 11.4. The SMILES string of the molecule is CC1C=CC2=C(C1)c1ccccc1C21c2ccccc2Oc2ccc(-c3cc(-c4cccc5ccccc45)nc(-c4ccccc4)n3)cc21. The Kier molecular flexibility index (Phi) is 6.13. The van der Waals surface area contributed by atoms with Crippen molar-refractivity contribution in [2.45, 2.75) is 18.8 Å². The second-order valence-corrected chi connectivity index (χ2v) is 13.4. The molecule has 2 atom stereocenters. The van der Waals surface area contributed by atoms with E-state index >= 15 is 0 Å². The van der Waals surface area contributed by atoms with E-state index in [1.54, 1.807) is 0 Å². The minimum Gasteiger partial charge on any atom is -0.457 e. The highest BCUT2D eigenvalue weighted by Gasteiger charge is 2.52. The molecule has 2 heterocycles. The van der Waals surface area contributed by atoms with Crippen LogP contribution in [0.15, 0.2) is 163 Å². The Morgan fingerprint density at radius 3 is 2.22 bits per heavy atom. The molecular formula is C46H32N2O. The summed E-state index contributed by atoms with van der Waals surface area (Å²) in [7, 11) is 0. The van der Waals surface area contributed by atoms with Gasteiger partial charge in [0.25, 0.3) is 0 Å². The molecule has 1 aliphatic heterocycles. The summed E-state index contributed by atoms with van der Waals surface area (Å²) in [6.07, 6.45) is 5.78. The lowest BCUT2D eigenvalue weighted by molar-refractivity contribution is 0.435. The number of allylic oxidation sites excluding steroid dienone is 4. The van der Waals surface area contributed by atoms with Crippen molar-refractivity contribution < 1.29 is 4.74 Å². The number of benzene rings is 6. The third kappa shape index (κ3) is 4.15. The van der Waals surface area contributed by atoms with Crippen molar-refractivity contribution in [3.63, 3.8) is 0 Å². The second-order valence-electron chi connectivity index (χ2n) is 13.4. The van der Waals surface area contributed by atoms with Crippen LogP contribution in [0.3, 0.4) is 0 Å². The molecule has 1 spiro atoms. The summed E-state index contributed by atoms with van der Waals surface area (Å²) in [4.78, 5) is 10.4. The van der Waals surface area contributed by atoms with Crippen LogP contribution in [0.4, 0.5) is 0 Å². The monoisotopic (exact) mass is 628 g/mol. The van der Waals surface area contributed by atoms with E-state index in [0.29, 0.717) is 11.7 Å². The van der Waals surface area contributed by atoms with E-state index in [2.05, 4.69) is 146 Å². The Hall–Kier alpha value is -6.06. The molecule has 7 aromatic rings. The predicted molar refractivity (Wildman–Crippen MR) is 199 cm³/mol. The van der Waals surface area contributed by atoms with Crippen LogP contribution >= 0.6 is 0 Å². The van der Waals surface area contributed by atoms with Gasteiger partial charge in [-0.25, -0.2) is 9.97 Å². The molecule has 1 aromatic heterocycles. The van der Waals surface area contributed by atoms with Gasteiger partial charge in [-0.15, -0.1) is 0 Å².